The van der Waals surface area contributed by atoms with Gasteiger partial charge >= 0.3 is 0 Å². The van der Waals surface area contributed by atoms with E-state index in [4.69, 9.17) is 4.18 Å². The first-order chi connectivity index (χ1) is 12.5. The monoisotopic (exact) mass is 397 g/mol. The Morgan fingerprint density at radius 1 is 0.963 bits per heavy atom. The van der Waals surface area contributed by atoms with Gasteiger partial charge < -0.3 is 4.55 Å². The maximum absolute atomic E-state index is 12.2. The second kappa shape index (κ2) is 6.53. The molecule has 0 aromatic heterocycles. The van der Waals surface area contributed by atoms with Gasteiger partial charge in [0, 0.05) is 5.92 Å². The van der Waals surface area contributed by atoms with Gasteiger partial charge in [-0.1, -0.05) is 13.8 Å². The molecule has 4 rings (SSSR count). The van der Waals surface area contributed by atoms with Crippen LogP contribution in [0.5, 0.6) is 0 Å². The Labute approximate surface area is 163 Å². The molecular formula is C21H33O5S-. The topological polar surface area (TPSA) is 83.5 Å². The lowest BCUT2D eigenvalue weighted by Gasteiger charge is -2.61. The molecule has 0 radical (unpaired) electrons. The van der Waals surface area contributed by atoms with E-state index in [1.807, 2.05) is 0 Å². The summed E-state index contributed by atoms with van der Waals surface area (Å²) in [7, 11) is -4.62. The van der Waals surface area contributed by atoms with E-state index in [1.165, 1.54) is 19.3 Å². The van der Waals surface area contributed by atoms with E-state index in [9.17, 15) is 17.8 Å². The van der Waals surface area contributed by atoms with E-state index in [1.54, 1.807) is 6.92 Å². The molecule has 4 aliphatic carbocycles. The van der Waals surface area contributed by atoms with Crippen LogP contribution in [-0.2, 0) is 19.4 Å². The average Bonchev–Trinajstić information content (AvgIpc) is 2.91. The zero-order chi connectivity index (χ0) is 19.6. The van der Waals surface area contributed by atoms with Crippen molar-refractivity contribution < 1.29 is 21.9 Å². The van der Waals surface area contributed by atoms with Gasteiger partial charge in [-0.25, -0.2) is 8.42 Å². The molecule has 6 heteroatoms. The SMILES string of the molecule is CC(=O)[C@H]1CC[C@H]2[C@@H]3CC[C@H]4C[C@H](OS(=O)(=O)[O-])CC[C@]4(C)[C@H]3CC[C@]12C. The number of rotatable bonds is 3. The molecule has 4 aliphatic rings. The Balaban J connectivity index is 1.53. The molecule has 27 heavy (non-hydrogen) atoms. The number of ketones is 1. The first kappa shape index (κ1) is 19.8. The summed E-state index contributed by atoms with van der Waals surface area (Å²) < 4.78 is 37.8. The Morgan fingerprint density at radius 2 is 1.63 bits per heavy atom. The van der Waals surface area contributed by atoms with E-state index in [0.717, 1.165) is 25.7 Å². The quantitative estimate of drug-likeness (QED) is 0.529. The van der Waals surface area contributed by atoms with E-state index in [0.29, 0.717) is 42.3 Å². The van der Waals surface area contributed by atoms with Crippen LogP contribution in [0.25, 0.3) is 0 Å². The van der Waals surface area contributed by atoms with Crippen molar-refractivity contribution in [2.24, 2.45) is 40.4 Å². The molecule has 5 nitrogen and oxygen atoms in total. The number of carbonyl (C=O) groups is 1. The van der Waals surface area contributed by atoms with Crippen molar-refractivity contribution >= 4 is 16.2 Å². The van der Waals surface area contributed by atoms with Gasteiger partial charge in [0.25, 0.3) is 0 Å². The fraction of sp³-hybridized carbons (Fsp3) is 0.952. The fourth-order valence-corrected chi connectivity index (χ4v) is 8.65. The Morgan fingerprint density at radius 3 is 2.30 bits per heavy atom. The van der Waals surface area contributed by atoms with E-state index >= 15 is 0 Å². The maximum Gasteiger partial charge on any atom is 0.217 e. The molecule has 0 aliphatic heterocycles. The van der Waals surface area contributed by atoms with Crippen molar-refractivity contribution in [3.05, 3.63) is 0 Å². The van der Waals surface area contributed by atoms with Crippen molar-refractivity contribution in [1.82, 2.24) is 0 Å². The van der Waals surface area contributed by atoms with Crippen LogP contribution in [-0.4, -0.2) is 24.9 Å². The zero-order valence-electron chi connectivity index (χ0n) is 16.8. The van der Waals surface area contributed by atoms with E-state index < -0.39 is 16.5 Å². The smallest absolute Gasteiger partial charge is 0.217 e. The highest BCUT2D eigenvalue weighted by atomic mass is 32.3. The summed E-state index contributed by atoms with van der Waals surface area (Å²) in [5.74, 6) is 3.04. The summed E-state index contributed by atoms with van der Waals surface area (Å²) in [6, 6.07) is 0. The Bertz CT molecular complexity index is 718. The highest BCUT2D eigenvalue weighted by molar-refractivity contribution is 7.80. The van der Waals surface area contributed by atoms with Crippen molar-refractivity contribution in [2.45, 2.75) is 84.7 Å². The van der Waals surface area contributed by atoms with Crippen molar-refractivity contribution in [3.8, 4) is 0 Å². The van der Waals surface area contributed by atoms with Crippen LogP contribution in [0, 0.1) is 40.4 Å². The molecule has 0 unspecified atom stereocenters. The molecule has 0 N–H and O–H groups in total. The summed E-state index contributed by atoms with van der Waals surface area (Å²) in [4.78, 5) is 12.2. The summed E-state index contributed by atoms with van der Waals surface area (Å²) in [5, 5.41) is 0. The maximum atomic E-state index is 12.2. The zero-order valence-corrected chi connectivity index (χ0v) is 17.6. The summed E-state index contributed by atoms with van der Waals surface area (Å²) >= 11 is 0. The van der Waals surface area contributed by atoms with Crippen LogP contribution >= 0.6 is 0 Å². The molecule has 0 aromatic rings. The molecule has 4 fully saturated rings. The molecule has 8 atom stereocenters. The number of carbonyl (C=O) groups excluding carboxylic acids is 1. The number of fused-ring (bicyclic) bond motifs is 5. The predicted molar refractivity (Wildman–Crippen MR) is 100 cm³/mol. The van der Waals surface area contributed by atoms with Crippen LogP contribution in [0.15, 0.2) is 0 Å². The van der Waals surface area contributed by atoms with Gasteiger partial charge in [-0.2, -0.15) is 0 Å². The first-order valence-corrected chi connectivity index (χ1v) is 12.0. The molecule has 0 spiro atoms. The van der Waals surface area contributed by atoms with Gasteiger partial charge in [-0.15, -0.1) is 0 Å². The van der Waals surface area contributed by atoms with Crippen molar-refractivity contribution in [2.75, 3.05) is 0 Å². The van der Waals surface area contributed by atoms with Gasteiger partial charge in [0.05, 0.1) is 6.10 Å². The predicted octanol–water partition coefficient (Wildman–Crippen LogP) is 4.08. The van der Waals surface area contributed by atoms with Crippen LogP contribution in [0.1, 0.15) is 78.6 Å². The van der Waals surface area contributed by atoms with Crippen molar-refractivity contribution in [1.29, 1.82) is 0 Å². The molecular weight excluding hydrogens is 364 g/mol. The largest absolute Gasteiger partial charge is 0.726 e. The number of Topliss-reactive ketones (excluding diaryl/α,β-unsaturated/α-hetero) is 1. The lowest BCUT2D eigenvalue weighted by atomic mass is 9.44. The number of hydrogen-bond donors (Lipinski definition) is 0. The average molecular weight is 398 g/mol. The molecule has 0 aromatic carbocycles. The van der Waals surface area contributed by atoms with Crippen molar-refractivity contribution in [3.63, 3.8) is 0 Å². The lowest BCUT2D eigenvalue weighted by molar-refractivity contribution is -0.137. The highest BCUT2D eigenvalue weighted by Gasteiger charge is 2.60. The third-order valence-electron chi connectivity index (χ3n) is 9.36. The van der Waals surface area contributed by atoms with Gasteiger partial charge in [0.2, 0.25) is 10.4 Å². The number of hydrogen-bond acceptors (Lipinski definition) is 5. The van der Waals surface area contributed by atoms with Crippen LogP contribution < -0.4 is 0 Å². The Kier molecular flexibility index (Phi) is 4.80. The highest BCUT2D eigenvalue weighted by Crippen LogP contribution is 2.67. The minimum atomic E-state index is -4.62. The minimum Gasteiger partial charge on any atom is -0.726 e. The van der Waals surface area contributed by atoms with Gasteiger partial charge in [0.15, 0.2) is 0 Å². The lowest BCUT2D eigenvalue weighted by Crippen LogP contribution is -2.54. The first-order valence-electron chi connectivity index (χ1n) is 10.7. The standard InChI is InChI=1S/C21H34O5S/c1-13(22)17-6-7-18-16-5-4-14-12-15(26-27(23,24)25)8-10-20(14,2)19(16)9-11-21(17,18)3/h14-19H,4-12H2,1-3H3,(H,23,24,25)/p-1/t14-,15+,16-,17+,18-,19-,20-,21+/m0/s1. The van der Waals surface area contributed by atoms with Crippen LogP contribution in [0.4, 0.5) is 0 Å². The normalized spacial score (nSPS) is 49.8. The van der Waals surface area contributed by atoms with E-state index in [-0.39, 0.29) is 16.7 Å². The van der Waals surface area contributed by atoms with Crippen LogP contribution in [0.2, 0.25) is 0 Å². The summed E-state index contributed by atoms with van der Waals surface area (Å²) in [6.07, 6.45) is 8.68. The molecule has 4 saturated carbocycles. The van der Waals surface area contributed by atoms with Gasteiger partial charge in [0.1, 0.15) is 5.78 Å². The molecule has 0 bridgehead atoms. The van der Waals surface area contributed by atoms with Gasteiger partial charge in [-0.05, 0) is 99.2 Å². The summed E-state index contributed by atoms with van der Waals surface area (Å²) in [6.45, 7) is 6.54. The third-order valence-corrected chi connectivity index (χ3v) is 9.87. The van der Waals surface area contributed by atoms with E-state index in [2.05, 4.69) is 13.8 Å². The molecule has 0 amide bonds. The fourth-order valence-electron chi connectivity index (χ4n) is 8.14. The molecule has 154 valence electrons. The summed E-state index contributed by atoms with van der Waals surface area (Å²) in [5.41, 5.74) is 0.387. The molecule has 0 heterocycles. The second-order valence-electron chi connectivity index (χ2n) is 10.3. The van der Waals surface area contributed by atoms with Crippen LogP contribution in [0.3, 0.4) is 0 Å². The van der Waals surface area contributed by atoms with Gasteiger partial charge in [-0.3, -0.25) is 8.98 Å². The Hall–Kier alpha value is -0.460. The minimum absolute atomic E-state index is 0.174. The molecule has 0 saturated heterocycles. The second-order valence-corrected chi connectivity index (χ2v) is 11.4. The third kappa shape index (κ3) is 3.20.